The van der Waals surface area contributed by atoms with Crippen LogP contribution >= 0.6 is 0 Å². The highest BCUT2D eigenvalue weighted by Crippen LogP contribution is 2.32. The van der Waals surface area contributed by atoms with Gasteiger partial charge in [0.05, 0.1) is 0 Å². The van der Waals surface area contributed by atoms with Gasteiger partial charge in [-0.15, -0.1) is 0 Å². The summed E-state index contributed by atoms with van der Waals surface area (Å²) in [5.41, 5.74) is 12.4. The number of hydrogen-bond acceptors (Lipinski definition) is 5. The van der Waals surface area contributed by atoms with E-state index in [1.165, 1.54) is 16.8 Å². The van der Waals surface area contributed by atoms with E-state index in [4.69, 9.17) is 5.73 Å². The van der Waals surface area contributed by atoms with E-state index in [0.717, 1.165) is 49.9 Å². The van der Waals surface area contributed by atoms with E-state index in [0.29, 0.717) is 25.1 Å². The maximum atomic E-state index is 13.1. The van der Waals surface area contributed by atoms with Crippen LogP contribution in [-0.4, -0.2) is 41.8 Å². The van der Waals surface area contributed by atoms with Gasteiger partial charge in [-0.3, -0.25) is 19.7 Å². The Morgan fingerprint density at radius 2 is 1.85 bits per heavy atom. The summed E-state index contributed by atoms with van der Waals surface area (Å²) in [5, 5.41) is 2.36. The molecule has 7 nitrogen and oxygen atoms in total. The number of carbonyl (C=O) groups excluding carboxylic acids is 3. The second-order valence-corrected chi connectivity index (χ2v) is 9.27. The van der Waals surface area contributed by atoms with Gasteiger partial charge in [-0.2, -0.15) is 0 Å². The third-order valence-corrected chi connectivity index (χ3v) is 6.99. The third kappa shape index (κ3) is 4.25. The van der Waals surface area contributed by atoms with Crippen LogP contribution in [0.5, 0.6) is 0 Å². The lowest BCUT2D eigenvalue weighted by Crippen LogP contribution is -2.52. The molecule has 172 valence electrons. The van der Waals surface area contributed by atoms with Gasteiger partial charge < -0.3 is 15.5 Å². The zero-order valence-corrected chi connectivity index (χ0v) is 18.8. The minimum Gasteiger partial charge on any atom is -0.367 e. The Morgan fingerprint density at radius 1 is 1.00 bits per heavy atom. The van der Waals surface area contributed by atoms with Crippen LogP contribution in [0.25, 0.3) is 0 Å². The number of benzene rings is 2. The van der Waals surface area contributed by atoms with Crippen LogP contribution in [0.1, 0.15) is 58.3 Å². The summed E-state index contributed by atoms with van der Waals surface area (Å²) < 4.78 is 0. The number of rotatable bonds is 6. The molecule has 5 rings (SSSR count). The molecule has 3 aliphatic rings. The summed E-state index contributed by atoms with van der Waals surface area (Å²) in [6, 6.07) is 12.3. The fourth-order valence-electron chi connectivity index (χ4n) is 5.27. The summed E-state index contributed by atoms with van der Waals surface area (Å²) in [4.78, 5) is 40.9. The molecule has 33 heavy (non-hydrogen) atoms. The molecule has 0 aromatic heterocycles. The zero-order chi connectivity index (χ0) is 22.9. The van der Waals surface area contributed by atoms with Gasteiger partial charge in [-0.1, -0.05) is 24.3 Å². The van der Waals surface area contributed by atoms with Crippen molar-refractivity contribution in [1.29, 1.82) is 0 Å². The minimum absolute atomic E-state index is 0.120. The SMILES string of the molecule is NCCCc1ccc2c(c1)CCCN2Cc1ccc2c(c1)C(=O)N(C1CCC(=O)NC1=O)C2. The first-order valence-electron chi connectivity index (χ1n) is 11.9. The van der Waals surface area contributed by atoms with E-state index in [-0.39, 0.29) is 24.1 Å². The summed E-state index contributed by atoms with van der Waals surface area (Å²) in [5.74, 6) is -0.760. The molecule has 7 heteroatoms. The van der Waals surface area contributed by atoms with Crippen LogP contribution in [0.15, 0.2) is 36.4 Å². The van der Waals surface area contributed by atoms with Gasteiger partial charge in [0, 0.05) is 37.3 Å². The Bertz CT molecular complexity index is 1110. The van der Waals surface area contributed by atoms with Crippen LogP contribution in [-0.2, 0) is 35.5 Å². The Labute approximate surface area is 193 Å². The number of piperidine rings is 1. The highest BCUT2D eigenvalue weighted by atomic mass is 16.2. The van der Waals surface area contributed by atoms with Gasteiger partial charge in [0.2, 0.25) is 11.8 Å². The molecule has 0 spiro atoms. The van der Waals surface area contributed by atoms with Crippen molar-refractivity contribution in [1.82, 2.24) is 10.2 Å². The number of hydrogen-bond donors (Lipinski definition) is 2. The Kier molecular flexibility index (Phi) is 5.89. The molecule has 3 N–H and O–H groups in total. The molecule has 1 fully saturated rings. The van der Waals surface area contributed by atoms with Crippen LogP contribution in [0.4, 0.5) is 5.69 Å². The number of aryl methyl sites for hydroxylation is 2. The van der Waals surface area contributed by atoms with Crippen LogP contribution in [0.2, 0.25) is 0 Å². The average Bonchev–Trinajstić information content (AvgIpc) is 3.13. The fourth-order valence-corrected chi connectivity index (χ4v) is 5.27. The normalized spacial score (nSPS) is 20.0. The maximum absolute atomic E-state index is 13.1. The molecule has 1 saturated heterocycles. The van der Waals surface area contributed by atoms with Crippen molar-refractivity contribution in [3.05, 3.63) is 64.2 Å². The van der Waals surface area contributed by atoms with E-state index in [2.05, 4.69) is 34.5 Å². The van der Waals surface area contributed by atoms with E-state index >= 15 is 0 Å². The molecular weight excluding hydrogens is 416 g/mol. The molecule has 1 atom stereocenters. The molecule has 0 radical (unpaired) electrons. The largest absolute Gasteiger partial charge is 0.367 e. The van der Waals surface area contributed by atoms with Gasteiger partial charge in [-0.05, 0) is 73.0 Å². The van der Waals surface area contributed by atoms with Crippen LogP contribution < -0.4 is 16.0 Å². The monoisotopic (exact) mass is 446 g/mol. The van der Waals surface area contributed by atoms with Crippen LogP contribution in [0.3, 0.4) is 0 Å². The van der Waals surface area contributed by atoms with Crippen molar-refractivity contribution in [2.45, 2.75) is 57.7 Å². The molecule has 0 bridgehead atoms. The molecule has 0 aliphatic carbocycles. The lowest BCUT2D eigenvalue weighted by Gasteiger charge is -2.32. The number of carbonyl (C=O) groups is 3. The van der Waals surface area contributed by atoms with Crippen molar-refractivity contribution < 1.29 is 14.4 Å². The number of nitrogens with two attached hydrogens (primary N) is 1. The fraction of sp³-hybridized carbons (Fsp3) is 0.423. The molecule has 2 aromatic carbocycles. The first kappa shape index (κ1) is 21.6. The van der Waals surface area contributed by atoms with Gasteiger partial charge >= 0.3 is 0 Å². The number of anilines is 1. The molecule has 3 aliphatic heterocycles. The van der Waals surface area contributed by atoms with E-state index in [1.54, 1.807) is 4.90 Å². The van der Waals surface area contributed by atoms with Crippen LogP contribution in [0, 0.1) is 0 Å². The minimum atomic E-state index is -0.575. The number of nitrogens with zero attached hydrogens (tertiary/aromatic N) is 2. The Morgan fingerprint density at radius 3 is 2.67 bits per heavy atom. The lowest BCUT2D eigenvalue weighted by atomic mass is 9.96. The summed E-state index contributed by atoms with van der Waals surface area (Å²) in [7, 11) is 0. The molecule has 2 aromatic rings. The van der Waals surface area contributed by atoms with Gasteiger partial charge in [-0.25, -0.2) is 0 Å². The molecule has 1 unspecified atom stereocenters. The van der Waals surface area contributed by atoms with E-state index in [1.807, 2.05) is 12.1 Å². The third-order valence-electron chi connectivity index (χ3n) is 6.99. The quantitative estimate of drug-likeness (QED) is 0.664. The smallest absolute Gasteiger partial charge is 0.255 e. The summed E-state index contributed by atoms with van der Waals surface area (Å²) in [6.45, 7) is 2.86. The first-order valence-corrected chi connectivity index (χ1v) is 11.9. The van der Waals surface area contributed by atoms with Crippen molar-refractivity contribution >= 4 is 23.4 Å². The molecule has 3 heterocycles. The van der Waals surface area contributed by atoms with Crippen molar-refractivity contribution in [2.24, 2.45) is 5.73 Å². The highest BCUT2D eigenvalue weighted by Gasteiger charge is 2.39. The predicted molar refractivity (Wildman–Crippen MR) is 126 cm³/mol. The lowest BCUT2D eigenvalue weighted by molar-refractivity contribution is -0.136. The topological polar surface area (TPSA) is 95.7 Å². The van der Waals surface area contributed by atoms with Gasteiger partial charge in [0.1, 0.15) is 6.04 Å². The average molecular weight is 447 g/mol. The zero-order valence-electron chi connectivity index (χ0n) is 18.8. The second-order valence-electron chi connectivity index (χ2n) is 9.27. The van der Waals surface area contributed by atoms with E-state index < -0.39 is 6.04 Å². The maximum Gasteiger partial charge on any atom is 0.255 e. The molecule has 3 amide bonds. The second kappa shape index (κ2) is 8.98. The van der Waals surface area contributed by atoms with Crippen molar-refractivity contribution in [3.8, 4) is 0 Å². The van der Waals surface area contributed by atoms with Crippen molar-refractivity contribution in [3.63, 3.8) is 0 Å². The Hall–Kier alpha value is -3.19. The van der Waals surface area contributed by atoms with Crippen molar-refractivity contribution in [2.75, 3.05) is 18.0 Å². The van der Waals surface area contributed by atoms with Gasteiger partial charge in [0.25, 0.3) is 5.91 Å². The molecular formula is C26H30N4O3. The number of imide groups is 1. The predicted octanol–water partition coefficient (Wildman–Crippen LogP) is 2.29. The number of amides is 3. The molecule has 0 saturated carbocycles. The first-order chi connectivity index (χ1) is 16.0. The highest BCUT2D eigenvalue weighted by molar-refractivity contribution is 6.05. The standard InChI is InChI=1S/C26H30N4O3/c27-11-1-3-17-6-8-22-19(13-17)4-2-12-29(22)15-18-5-7-20-16-30(26(33)21(20)14-18)23-9-10-24(31)28-25(23)32/h5-8,13-14,23H,1-4,9-12,15-16,27H2,(H,28,31,32). The summed E-state index contributed by atoms with van der Waals surface area (Å²) in [6.07, 6.45) is 4.87. The number of fused-ring (bicyclic) bond motifs is 2. The number of nitrogens with one attached hydrogen (secondary N) is 1. The summed E-state index contributed by atoms with van der Waals surface area (Å²) >= 11 is 0. The van der Waals surface area contributed by atoms with E-state index in [9.17, 15) is 14.4 Å². The van der Waals surface area contributed by atoms with Gasteiger partial charge in [0.15, 0.2) is 0 Å². The Balaban J connectivity index is 1.32.